The van der Waals surface area contributed by atoms with Gasteiger partial charge < -0.3 is 10.1 Å². The molecule has 31 heavy (non-hydrogen) atoms. The third kappa shape index (κ3) is 9.01. The fourth-order valence-corrected chi connectivity index (χ4v) is 4.82. The summed E-state index contributed by atoms with van der Waals surface area (Å²) >= 11 is 7.88. The van der Waals surface area contributed by atoms with E-state index in [9.17, 15) is 13.2 Å². The van der Waals surface area contributed by atoms with E-state index >= 15 is 0 Å². The Balaban J connectivity index is 1.78. The Kier molecular flexibility index (Phi) is 10.5. The summed E-state index contributed by atoms with van der Waals surface area (Å²) < 4.78 is 31.0. The van der Waals surface area contributed by atoms with E-state index in [4.69, 9.17) is 16.3 Å². The molecule has 9 heteroatoms. The Labute approximate surface area is 194 Å². The van der Waals surface area contributed by atoms with Crippen molar-refractivity contribution in [3.8, 4) is 5.75 Å². The van der Waals surface area contributed by atoms with Gasteiger partial charge in [-0.15, -0.1) is 0 Å². The zero-order valence-electron chi connectivity index (χ0n) is 17.8. The molecule has 0 aliphatic heterocycles. The molecule has 1 amide bonds. The van der Waals surface area contributed by atoms with Crippen molar-refractivity contribution in [2.24, 2.45) is 0 Å². The molecule has 2 aromatic rings. The summed E-state index contributed by atoms with van der Waals surface area (Å²) in [5.74, 6) is 2.00. The number of sulfonamides is 1. The second-order valence-electron chi connectivity index (χ2n) is 6.96. The number of anilines is 1. The SMILES string of the molecule is CCCOc1ccc(N(CC(=O)NCCCSCc2ccccc2Cl)S(C)(=O)=O)cc1. The third-order valence-corrected chi connectivity index (χ3v) is 6.89. The van der Waals surface area contributed by atoms with Crippen molar-refractivity contribution in [3.63, 3.8) is 0 Å². The summed E-state index contributed by atoms with van der Waals surface area (Å²) in [7, 11) is -3.60. The molecule has 2 rings (SSSR count). The average Bonchev–Trinajstić information content (AvgIpc) is 2.74. The van der Waals surface area contributed by atoms with Gasteiger partial charge in [-0.25, -0.2) is 8.42 Å². The smallest absolute Gasteiger partial charge is 0.240 e. The fourth-order valence-electron chi connectivity index (χ4n) is 2.71. The first-order valence-electron chi connectivity index (χ1n) is 10.1. The van der Waals surface area contributed by atoms with Crippen molar-refractivity contribution in [1.82, 2.24) is 5.32 Å². The molecule has 0 aliphatic rings. The van der Waals surface area contributed by atoms with Gasteiger partial charge >= 0.3 is 0 Å². The van der Waals surface area contributed by atoms with Gasteiger partial charge in [-0.1, -0.05) is 36.7 Å². The number of carbonyl (C=O) groups excluding carboxylic acids is 1. The molecule has 0 unspecified atom stereocenters. The summed E-state index contributed by atoms with van der Waals surface area (Å²) in [5.41, 5.74) is 1.52. The predicted octanol–water partition coefficient (Wildman–Crippen LogP) is 4.33. The van der Waals surface area contributed by atoms with Crippen LogP contribution in [-0.2, 0) is 20.6 Å². The van der Waals surface area contributed by atoms with Gasteiger partial charge in [-0.3, -0.25) is 9.10 Å². The van der Waals surface area contributed by atoms with Crippen molar-refractivity contribution >= 4 is 45.0 Å². The second-order valence-corrected chi connectivity index (χ2v) is 10.4. The van der Waals surface area contributed by atoms with E-state index in [1.165, 1.54) is 0 Å². The number of halogens is 1. The molecule has 0 bridgehead atoms. The maximum atomic E-state index is 12.3. The summed E-state index contributed by atoms with van der Waals surface area (Å²) in [6.45, 7) is 2.82. The number of thioether (sulfide) groups is 1. The maximum absolute atomic E-state index is 12.3. The van der Waals surface area contributed by atoms with Crippen LogP contribution in [0.4, 0.5) is 5.69 Å². The lowest BCUT2D eigenvalue weighted by Crippen LogP contribution is -2.40. The molecule has 0 saturated carbocycles. The molecule has 2 aromatic carbocycles. The standard InChI is InChI=1S/C22H29ClN2O4S2/c1-3-14-29-20-11-9-19(10-12-20)25(31(2,27)28)16-22(26)24-13-6-15-30-17-18-7-4-5-8-21(18)23/h4-5,7-12H,3,6,13-17H2,1-2H3,(H,24,26). The topological polar surface area (TPSA) is 75.7 Å². The van der Waals surface area contributed by atoms with E-state index in [0.717, 1.165) is 45.5 Å². The van der Waals surface area contributed by atoms with Crippen LogP contribution >= 0.6 is 23.4 Å². The van der Waals surface area contributed by atoms with Crippen LogP contribution in [0, 0.1) is 0 Å². The Morgan fingerprint density at radius 1 is 1.16 bits per heavy atom. The van der Waals surface area contributed by atoms with Crippen molar-refractivity contribution < 1.29 is 17.9 Å². The van der Waals surface area contributed by atoms with Crippen LogP contribution in [0.3, 0.4) is 0 Å². The number of rotatable bonds is 13. The summed E-state index contributed by atoms with van der Waals surface area (Å²) in [5, 5.41) is 3.55. The van der Waals surface area contributed by atoms with E-state index in [1.807, 2.05) is 31.2 Å². The van der Waals surface area contributed by atoms with Gasteiger partial charge in [0.1, 0.15) is 12.3 Å². The normalized spacial score (nSPS) is 11.2. The molecule has 0 aromatic heterocycles. The largest absolute Gasteiger partial charge is 0.494 e. The molecule has 0 aliphatic carbocycles. The molecule has 0 fully saturated rings. The third-order valence-electron chi connectivity index (χ3n) is 4.29. The van der Waals surface area contributed by atoms with Gasteiger partial charge in [0.2, 0.25) is 15.9 Å². The maximum Gasteiger partial charge on any atom is 0.240 e. The lowest BCUT2D eigenvalue weighted by Gasteiger charge is -2.22. The highest BCUT2D eigenvalue weighted by molar-refractivity contribution is 7.98. The highest BCUT2D eigenvalue weighted by Gasteiger charge is 2.20. The Bertz CT molecular complexity index is 937. The van der Waals surface area contributed by atoms with Crippen molar-refractivity contribution in [3.05, 3.63) is 59.1 Å². The quantitative estimate of drug-likeness (QED) is 0.428. The van der Waals surface area contributed by atoms with E-state index in [1.54, 1.807) is 36.0 Å². The monoisotopic (exact) mass is 484 g/mol. The first kappa shape index (κ1) is 25.4. The van der Waals surface area contributed by atoms with Crippen molar-refractivity contribution in [2.45, 2.75) is 25.5 Å². The van der Waals surface area contributed by atoms with Crippen molar-refractivity contribution in [1.29, 1.82) is 0 Å². The number of carbonyl (C=O) groups is 1. The van der Waals surface area contributed by atoms with Gasteiger partial charge in [-0.05, 0) is 54.5 Å². The molecule has 0 heterocycles. The van der Waals surface area contributed by atoms with Gasteiger partial charge in [0, 0.05) is 17.3 Å². The van der Waals surface area contributed by atoms with Crippen LogP contribution in [0.5, 0.6) is 5.75 Å². The molecular weight excluding hydrogens is 456 g/mol. The lowest BCUT2D eigenvalue weighted by molar-refractivity contribution is -0.119. The van der Waals surface area contributed by atoms with Crippen LogP contribution in [0.2, 0.25) is 5.02 Å². The lowest BCUT2D eigenvalue weighted by atomic mass is 10.2. The summed E-state index contributed by atoms with van der Waals surface area (Å²) in [6, 6.07) is 14.4. The summed E-state index contributed by atoms with van der Waals surface area (Å²) in [6.07, 6.45) is 2.76. The molecule has 0 spiro atoms. The average molecular weight is 485 g/mol. The Morgan fingerprint density at radius 2 is 1.87 bits per heavy atom. The molecule has 0 radical (unpaired) electrons. The minimum atomic E-state index is -3.60. The van der Waals surface area contributed by atoms with Crippen LogP contribution < -0.4 is 14.4 Å². The Morgan fingerprint density at radius 3 is 2.52 bits per heavy atom. The van der Waals surface area contributed by atoms with Crippen LogP contribution in [-0.4, -0.2) is 46.0 Å². The number of hydrogen-bond donors (Lipinski definition) is 1. The molecule has 1 N–H and O–H groups in total. The number of benzene rings is 2. The minimum absolute atomic E-state index is 0.263. The van der Waals surface area contributed by atoms with Gasteiger partial charge in [-0.2, -0.15) is 11.8 Å². The number of hydrogen-bond acceptors (Lipinski definition) is 5. The van der Waals surface area contributed by atoms with Gasteiger partial charge in [0.15, 0.2) is 0 Å². The molecular formula is C22H29ClN2O4S2. The van der Waals surface area contributed by atoms with E-state index in [-0.39, 0.29) is 12.5 Å². The Hall–Kier alpha value is -1.90. The van der Waals surface area contributed by atoms with Crippen molar-refractivity contribution in [2.75, 3.05) is 36.0 Å². The van der Waals surface area contributed by atoms with Crippen LogP contribution in [0.25, 0.3) is 0 Å². The van der Waals surface area contributed by atoms with Gasteiger partial charge in [0.25, 0.3) is 0 Å². The number of nitrogens with one attached hydrogen (secondary N) is 1. The zero-order chi connectivity index (χ0) is 22.7. The molecule has 6 nitrogen and oxygen atoms in total. The number of nitrogens with zero attached hydrogens (tertiary/aromatic N) is 1. The van der Waals surface area contributed by atoms with Gasteiger partial charge in [0.05, 0.1) is 18.6 Å². The summed E-state index contributed by atoms with van der Waals surface area (Å²) in [4.78, 5) is 12.3. The second kappa shape index (κ2) is 12.8. The molecule has 170 valence electrons. The first-order valence-corrected chi connectivity index (χ1v) is 13.5. The highest BCUT2D eigenvalue weighted by Crippen LogP contribution is 2.22. The number of amides is 1. The predicted molar refractivity (Wildman–Crippen MR) is 130 cm³/mol. The van der Waals surface area contributed by atoms with Crippen LogP contribution in [0.15, 0.2) is 48.5 Å². The molecule has 0 atom stereocenters. The molecule has 0 saturated heterocycles. The zero-order valence-corrected chi connectivity index (χ0v) is 20.2. The van der Waals surface area contributed by atoms with E-state index < -0.39 is 10.0 Å². The highest BCUT2D eigenvalue weighted by atomic mass is 35.5. The fraction of sp³-hybridized carbons (Fsp3) is 0.409. The number of ether oxygens (including phenoxy) is 1. The minimum Gasteiger partial charge on any atom is -0.494 e. The van der Waals surface area contributed by atoms with E-state index in [2.05, 4.69) is 5.32 Å². The van der Waals surface area contributed by atoms with Crippen LogP contribution in [0.1, 0.15) is 25.3 Å². The first-order chi connectivity index (χ1) is 14.8. The van der Waals surface area contributed by atoms with E-state index in [0.29, 0.717) is 24.6 Å².